The van der Waals surface area contributed by atoms with Crippen LogP contribution < -0.4 is 4.31 Å². The van der Waals surface area contributed by atoms with Crippen molar-refractivity contribution in [3.8, 4) is 5.75 Å². The molecule has 0 saturated heterocycles. The molecule has 110 valence electrons. The standard InChI is InChI=1S/C13H17NO5S/c1-19-12(16)7-9-20(17,18)14-8-3-5-10-4-2-6-11(15)13(10)14/h2,4,6,15H,3,5,7-9H2,1H3. The molecule has 7 heteroatoms. The van der Waals surface area contributed by atoms with Crippen molar-refractivity contribution >= 4 is 21.7 Å². The minimum atomic E-state index is -3.65. The van der Waals surface area contributed by atoms with Gasteiger partial charge in [-0.15, -0.1) is 0 Å². The van der Waals surface area contributed by atoms with Crippen LogP contribution in [0.1, 0.15) is 18.4 Å². The Labute approximate surface area is 118 Å². The summed E-state index contributed by atoms with van der Waals surface area (Å²) in [5, 5.41) is 9.92. The number of rotatable bonds is 4. The number of sulfonamides is 1. The number of methoxy groups -OCH3 is 1. The third kappa shape index (κ3) is 2.87. The average Bonchev–Trinajstić information content (AvgIpc) is 2.44. The van der Waals surface area contributed by atoms with Crippen molar-refractivity contribution in [2.45, 2.75) is 19.3 Å². The number of anilines is 1. The Morgan fingerprint density at radius 3 is 2.90 bits per heavy atom. The number of carbonyl (C=O) groups is 1. The van der Waals surface area contributed by atoms with Crippen molar-refractivity contribution in [2.75, 3.05) is 23.7 Å². The Bertz CT molecular complexity index is 611. The van der Waals surface area contributed by atoms with E-state index in [2.05, 4.69) is 4.74 Å². The van der Waals surface area contributed by atoms with Gasteiger partial charge in [-0.05, 0) is 24.5 Å². The average molecular weight is 299 g/mol. The summed E-state index contributed by atoms with van der Waals surface area (Å²) < 4.78 is 30.3. The van der Waals surface area contributed by atoms with E-state index in [9.17, 15) is 18.3 Å². The van der Waals surface area contributed by atoms with Gasteiger partial charge >= 0.3 is 5.97 Å². The van der Waals surface area contributed by atoms with Crippen LogP contribution in [0.25, 0.3) is 0 Å². The summed E-state index contributed by atoms with van der Waals surface area (Å²) in [6.45, 7) is 0.314. The molecule has 1 heterocycles. The first-order valence-electron chi connectivity index (χ1n) is 6.34. The van der Waals surface area contributed by atoms with Gasteiger partial charge in [-0.3, -0.25) is 9.10 Å². The molecule has 0 spiro atoms. The zero-order valence-electron chi connectivity index (χ0n) is 11.2. The fourth-order valence-electron chi connectivity index (χ4n) is 2.30. The van der Waals surface area contributed by atoms with Crippen molar-refractivity contribution < 1.29 is 23.1 Å². The smallest absolute Gasteiger partial charge is 0.306 e. The van der Waals surface area contributed by atoms with Crippen LogP contribution in [0.15, 0.2) is 18.2 Å². The molecule has 0 fully saturated rings. The summed E-state index contributed by atoms with van der Waals surface area (Å²) in [4.78, 5) is 11.1. The number of aryl methyl sites for hydroxylation is 1. The van der Waals surface area contributed by atoms with Crippen LogP contribution in [-0.2, 0) is 26.0 Å². The quantitative estimate of drug-likeness (QED) is 0.840. The summed E-state index contributed by atoms with van der Waals surface area (Å²) in [7, 11) is -2.43. The molecule has 0 amide bonds. The fourth-order valence-corrected chi connectivity index (χ4v) is 3.84. The van der Waals surface area contributed by atoms with Crippen LogP contribution in [0.3, 0.4) is 0 Å². The zero-order chi connectivity index (χ0) is 14.8. The second-order valence-electron chi connectivity index (χ2n) is 4.60. The van der Waals surface area contributed by atoms with E-state index < -0.39 is 16.0 Å². The predicted octanol–water partition coefficient (Wildman–Crippen LogP) is 1.04. The number of benzene rings is 1. The molecular formula is C13H17NO5S. The molecule has 1 N–H and O–H groups in total. The van der Waals surface area contributed by atoms with Crippen molar-refractivity contribution in [1.29, 1.82) is 0 Å². The molecule has 1 aliphatic heterocycles. The van der Waals surface area contributed by atoms with E-state index in [-0.39, 0.29) is 17.9 Å². The van der Waals surface area contributed by atoms with Crippen LogP contribution in [0.2, 0.25) is 0 Å². The van der Waals surface area contributed by atoms with Gasteiger partial charge in [0.2, 0.25) is 10.0 Å². The number of ether oxygens (including phenoxy) is 1. The highest BCUT2D eigenvalue weighted by molar-refractivity contribution is 7.92. The highest BCUT2D eigenvalue weighted by Crippen LogP contribution is 2.37. The van der Waals surface area contributed by atoms with Crippen molar-refractivity contribution in [2.24, 2.45) is 0 Å². The number of phenols is 1. The molecule has 0 aromatic heterocycles. The Morgan fingerprint density at radius 2 is 2.20 bits per heavy atom. The lowest BCUT2D eigenvalue weighted by molar-refractivity contribution is -0.140. The normalized spacial score (nSPS) is 14.8. The molecule has 6 nitrogen and oxygen atoms in total. The Hall–Kier alpha value is -1.76. The van der Waals surface area contributed by atoms with Crippen LogP contribution in [-0.4, -0.2) is 38.9 Å². The third-order valence-electron chi connectivity index (χ3n) is 3.28. The van der Waals surface area contributed by atoms with Gasteiger partial charge in [-0.1, -0.05) is 12.1 Å². The highest BCUT2D eigenvalue weighted by Gasteiger charge is 2.30. The van der Waals surface area contributed by atoms with Crippen LogP contribution in [0.4, 0.5) is 5.69 Å². The Kier molecular flexibility index (Phi) is 4.17. The molecule has 1 aromatic carbocycles. The number of hydrogen-bond donors (Lipinski definition) is 1. The number of aromatic hydroxyl groups is 1. The van der Waals surface area contributed by atoms with Crippen LogP contribution >= 0.6 is 0 Å². The second kappa shape index (κ2) is 5.70. The van der Waals surface area contributed by atoms with Gasteiger partial charge in [0.25, 0.3) is 0 Å². The van der Waals surface area contributed by atoms with Gasteiger partial charge in [-0.2, -0.15) is 0 Å². The molecule has 1 aromatic rings. The lowest BCUT2D eigenvalue weighted by Gasteiger charge is -2.30. The summed E-state index contributed by atoms with van der Waals surface area (Å²) >= 11 is 0. The Morgan fingerprint density at radius 1 is 1.45 bits per heavy atom. The van der Waals surface area contributed by atoms with Gasteiger partial charge in [0.1, 0.15) is 5.75 Å². The van der Waals surface area contributed by atoms with E-state index in [1.54, 1.807) is 12.1 Å². The minimum absolute atomic E-state index is 0.0520. The number of fused-ring (bicyclic) bond motifs is 1. The van der Waals surface area contributed by atoms with Crippen LogP contribution in [0, 0.1) is 0 Å². The number of para-hydroxylation sites is 1. The molecule has 0 radical (unpaired) electrons. The maximum atomic E-state index is 12.3. The molecule has 1 aliphatic rings. The summed E-state index contributed by atoms with van der Waals surface area (Å²) in [5.41, 5.74) is 1.14. The largest absolute Gasteiger partial charge is 0.506 e. The molecule has 0 bridgehead atoms. The molecule has 2 rings (SSSR count). The summed E-state index contributed by atoms with van der Waals surface area (Å²) in [6, 6.07) is 4.96. The van der Waals surface area contributed by atoms with Crippen molar-refractivity contribution in [3.63, 3.8) is 0 Å². The lowest BCUT2D eigenvalue weighted by atomic mass is 10.0. The summed E-state index contributed by atoms with van der Waals surface area (Å²) in [5.74, 6) is -0.945. The SMILES string of the molecule is COC(=O)CCS(=O)(=O)N1CCCc2cccc(O)c21. The maximum absolute atomic E-state index is 12.3. The van der Waals surface area contributed by atoms with Gasteiger partial charge in [0, 0.05) is 6.54 Å². The Balaban J connectivity index is 2.28. The van der Waals surface area contributed by atoms with E-state index in [1.165, 1.54) is 17.5 Å². The molecule has 0 aliphatic carbocycles. The first-order chi connectivity index (χ1) is 9.45. The lowest BCUT2D eigenvalue weighted by Crippen LogP contribution is -2.37. The summed E-state index contributed by atoms with van der Waals surface area (Å²) in [6.07, 6.45) is 1.22. The van der Waals surface area contributed by atoms with E-state index in [0.717, 1.165) is 12.0 Å². The van der Waals surface area contributed by atoms with E-state index in [1.807, 2.05) is 0 Å². The minimum Gasteiger partial charge on any atom is -0.506 e. The van der Waals surface area contributed by atoms with E-state index >= 15 is 0 Å². The van der Waals surface area contributed by atoms with Gasteiger partial charge < -0.3 is 9.84 Å². The number of esters is 1. The number of nitrogens with zero attached hydrogens (tertiary/aromatic N) is 1. The zero-order valence-corrected chi connectivity index (χ0v) is 12.0. The first-order valence-corrected chi connectivity index (χ1v) is 7.94. The monoisotopic (exact) mass is 299 g/mol. The van der Waals surface area contributed by atoms with Gasteiger partial charge in [0.05, 0.1) is 25.0 Å². The molecular weight excluding hydrogens is 282 g/mol. The van der Waals surface area contributed by atoms with Gasteiger partial charge in [0.15, 0.2) is 0 Å². The molecule has 0 saturated carbocycles. The number of carbonyl (C=O) groups excluding carboxylic acids is 1. The number of phenolic OH excluding ortho intramolecular Hbond substituents is 1. The maximum Gasteiger partial charge on any atom is 0.306 e. The first kappa shape index (κ1) is 14.6. The topological polar surface area (TPSA) is 83.9 Å². The van der Waals surface area contributed by atoms with E-state index in [0.29, 0.717) is 18.7 Å². The highest BCUT2D eigenvalue weighted by atomic mass is 32.2. The third-order valence-corrected chi connectivity index (χ3v) is 5.04. The van der Waals surface area contributed by atoms with E-state index in [4.69, 9.17) is 0 Å². The van der Waals surface area contributed by atoms with Crippen molar-refractivity contribution in [1.82, 2.24) is 0 Å². The molecule has 0 atom stereocenters. The molecule has 20 heavy (non-hydrogen) atoms. The molecule has 0 unspecified atom stereocenters. The van der Waals surface area contributed by atoms with Crippen molar-refractivity contribution in [3.05, 3.63) is 23.8 Å². The number of hydrogen-bond acceptors (Lipinski definition) is 5. The fraction of sp³-hybridized carbons (Fsp3) is 0.462. The predicted molar refractivity (Wildman–Crippen MR) is 74.2 cm³/mol. The second-order valence-corrected chi connectivity index (χ2v) is 6.62. The van der Waals surface area contributed by atoms with Gasteiger partial charge in [-0.25, -0.2) is 8.42 Å². The van der Waals surface area contributed by atoms with Crippen LogP contribution in [0.5, 0.6) is 5.75 Å².